The van der Waals surface area contributed by atoms with Crippen LogP contribution in [0.1, 0.15) is 23.7 Å². The first kappa shape index (κ1) is 9.15. The molecule has 0 bridgehead atoms. The van der Waals surface area contributed by atoms with Crippen molar-refractivity contribution in [1.29, 1.82) is 0 Å². The molecule has 0 amide bonds. The van der Waals surface area contributed by atoms with Gasteiger partial charge < -0.3 is 10.4 Å². The molecule has 0 saturated carbocycles. The van der Waals surface area contributed by atoms with Crippen LogP contribution < -0.4 is 5.32 Å². The standard InChI is InChI=1S/C10H12N2O2/c13-10(14)5-8-2-1-7(6-12-8)9-3-4-11-9/h1-2,6,9,11H,3-5H2,(H,13,14)/t9-/m1/s1. The largest absolute Gasteiger partial charge is 0.481 e. The van der Waals surface area contributed by atoms with Gasteiger partial charge in [0.25, 0.3) is 0 Å². The van der Waals surface area contributed by atoms with E-state index in [0.29, 0.717) is 11.7 Å². The van der Waals surface area contributed by atoms with E-state index in [1.54, 1.807) is 12.3 Å². The molecule has 1 aromatic heterocycles. The Morgan fingerprint density at radius 3 is 2.86 bits per heavy atom. The van der Waals surface area contributed by atoms with Gasteiger partial charge in [0, 0.05) is 12.2 Å². The molecule has 1 aliphatic rings. The lowest BCUT2D eigenvalue weighted by Gasteiger charge is -2.27. The smallest absolute Gasteiger partial charge is 0.309 e. The predicted molar refractivity (Wildman–Crippen MR) is 50.9 cm³/mol. The number of pyridine rings is 1. The Morgan fingerprint density at radius 1 is 1.64 bits per heavy atom. The van der Waals surface area contributed by atoms with Gasteiger partial charge in [-0.05, 0) is 24.6 Å². The molecule has 0 aliphatic carbocycles. The third-order valence-corrected chi connectivity index (χ3v) is 2.41. The average molecular weight is 192 g/mol. The topological polar surface area (TPSA) is 62.2 Å². The lowest BCUT2D eigenvalue weighted by Crippen LogP contribution is -2.34. The number of aliphatic carboxylic acids is 1. The van der Waals surface area contributed by atoms with Crippen LogP contribution in [0, 0.1) is 0 Å². The van der Waals surface area contributed by atoms with Gasteiger partial charge in [0.15, 0.2) is 0 Å². The van der Waals surface area contributed by atoms with Gasteiger partial charge in [0.2, 0.25) is 0 Å². The number of nitrogens with one attached hydrogen (secondary N) is 1. The van der Waals surface area contributed by atoms with E-state index in [1.807, 2.05) is 6.07 Å². The summed E-state index contributed by atoms with van der Waals surface area (Å²) in [5.41, 5.74) is 1.76. The van der Waals surface area contributed by atoms with Crippen molar-refractivity contribution in [2.75, 3.05) is 6.54 Å². The highest BCUT2D eigenvalue weighted by Crippen LogP contribution is 2.21. The number of hydrogen-bond acceptors (Lipinski definition) is 3. The molecule has 74 valence electrons. The van der Waals surface area contributed by atoms with E-state index in [4.69, 9.17) is 5.11 Å². The summed E-state index contributed by atoms with van der Waals surface area (Å²) >= 11 is 0. The molecule has 14 heavy (non-hydrogen) atoms. The summed E-state index contributed by atoms with van der Waals surface area (Å²) in [6.07, 6.45) is 2.90. The Morgan fingerprint density at radius 2 is 2.43 bits per heavy atom. The molecular weight excluding hydrogens is 180 g/mol. The number of carboxylic acids is 1. The second-order valence-corrected chi connectivity index (χ2v) is 3.45. The highest BCUT2D eigenvalue weighted by molar-refractivity contribution is 5.69. The van der Waals surface area contributed by atoms with Crippen LogP contribution in [0.5, 0.6) is 0 Å². The molecule has 4 nitrogen and oxygen atoms in total. The number of carbonyl (C=O) groups is 1. The van der Waals surface area contributed by atoms with Gasteiger partial charge in [0.05, 0.1) is 12.1 Å². The van der Waals surface area contributed by atoms with Crippen molar-refractivity contribution in [1.82, 2.24) is 10.3 Å². The van der Waals surface area contributed by atoms with Gasteiger partial charge in [0.1, 0.15) is 0 Å². The molecule has 2 heterocycles. The molecule has 2 N–H and O–H groups in total. The van der Waals surface area contributed by atoms with E-state index in [2.05, 4.69) is 10.3 Å². The first-order chi connectivity index (χ1) is 6.75. The summed E-state index contributed by atoms with van der Waals surface area (Å²) in [7, 11) is 0. The zero-order valence-corrected chi connectivity index (χ0v) is 7.73. The Kier molecular flexibility index (Phi) is 2.45. The molecular formula is C10H12N2O2. The summed E-state index contributed by atoms with van der Waals surface area (Å²) < 4.78 is 0. The minimum Gasteiger partial charge on any atom is -0.481 e. The zero-order chi connectivity index (χ0) is 9.97. The van der Waals surface area contributed by atoms with E-state index in [1.165, 1.54) is 0 Å². The normalized spacial score (nSPS) is 20.1. The molecule has 1 aliphatic heterocycles. The number of aromatic nitrogens is 1. The first-order valence-corrected chi connectivity index (χ1v) is 4.66. The highest BCUT2D eigenvalue weighted by Gasteiger charge is 2.18. The van der Waals surface area contributed by atoms with Crippen LogP contribution in [0.2, 0.25) is 0 Å². The average Bonchev–Trinajstić information content (AvgIpc) is 2.04. The van der Waals surface area contributed by atoms with Crippen molar-refractivity contribution in [3.8, 4) is 0 Å². The van der Waals surface area contributed by atoms with E-state index < -0.39 is 5.97 Å². The Labute approximate surface area is 82.0 Å². The minimum absolute atomic E-state index is 0.00161. The SMILES string of the molecule is O=C(O)Cc1ccc([C@H]2CCN2)cn1. The monoisotopic (exact) mass is 192 g/mol. The number of hydrogen-bond donors (Lipinski definition) is 2. The summed E-state index contributed by atoms with van der Waals surface area (Å²) in [6, 6.07) is 4.15. The molecule has 1 aromatic rings. The van der Waals surface area contributed by atoms with Crippen LogP contribution in [0.25, 0.3) is 0 Å². The highest BCUT2D eigenvalue weighted by atomic mass is 16.4. The van der Waals surface area contributed by atoms with Gasteiger partial charge in [-0.3, -0.25) is 9.78 Å². The van der Waals surface area contributed by atoms with Crippen LogP contribution in [0.15, 0.2) is 18.3 Å². The van der Waals surface area contributed by atoms with Crippen molar-refractivity contribution in [3.05, 3.63) is 29.6 Å². The van der Waals surface area contributed by atoms with Gasteiger partial charge in [-0.25, -0.2) is 0 Å². The van der Waals surface area contributed by atoms with Gasteiger partial charge in [-0.15, -0.1) is 0 Å². The molecule has 2 rings (SSSR count). The van der Waals surface area contributed by atoms with Gasteiger partial charge in [-0.1, -0.05) is 6.07 Å². The fourth-order valence-corrected chi connectivity index (χ4v) is 1.47. The van der Waals surface area contributed by atoms with Gasteiger partial charge in [-0.2, -0.15) is 0 Å². The molecule has 0 aromatic carbocycles. The van der Waals surface area contributed by atoms with Crippen molar-refractivity contribution in [2.24, 2.45) is 0 Å². The van der Waals surface area contributed by atoms with E-state index in [0.717, 1.165) is 18.5 Å². The van der Waals surface area contributed by atoms with E-state index >= 15 is 0 Å². The molecule has 1 saturated heterocycles. The number of nitrogens with zero attached hydrogens (tertiary/aromatic N) is 1. The Hall–Kier alpha value is -1.42. The minimum atomic E-state index is -0.841. The Balaban J connectivity index is 2.05. The second kappa shape index (κ2) is 3.75. The summed E-state index contributed by atoms with van der Waals surface area (Å²) in [5.74, 6) is -0.841. The summed E-state index contributed by atoms with van der Waals surface area (Å²) in [5, 5.41) is 11.8. The van der Waals surface area contributed by atoms with E-state index in [9.17, 15) is 4.79 Å². The fraction of sp³-hybridized carbons (Fsp3) is 0.400. The maximum absolute atomic E-state index is 10.4. The van der Waals surface area contributed by atoms with Gasteiger partial charge >= 0.3 is 5.97 Å². The van der Waals surface area contributed by atoms with Crippen molar-refractivity contribution in [2.45, 2.75) is 18.9 Å². The van der Waals surface area contributed by atoms with Crippen LogP contribution in [0.3, 0.4) is 0 Å². The van der Waals surface area contributed by atoms with Crippen LogP contribution in [0.4, 0.5) is 0 Å². The number of carboxylic acid groups (broad SMARTS) is 1. The molecule has 0 radical (unpaired) electrons. The quantitative estimate of drug-likeness (QED) is 0.741. The van der Waals surface area contributed by atoms with Crippen molar-refractivity contribution >= 4 is 5.97 Å². The molecule has 0 spiro atoms. The molecule has 4 heteroatoms. The maximum atomic E-state index is 10.4. The lowest BCUT2D eigenvalue weighted by molar-refractivity contribution is -0.136. The number of rotatable bonds is 3. The van der Waals surface area contributed by atoms with Crippen molar-refractivity contribution in [3.63, 3.8) is 0 Å². The van der Waals surface area contributed by atoms with Crippen molar-refractivity contribution < 1.29 is 9.90 Å². The first-order valence-electron chi connectivity index (χ1n) is 4.66. The molecule has 0 unspecified atom stereocenters. The Bertz CT molecular complexity index is 330. The maximum Gasteiger partial charge on any atom is 0.309 e. The van der Waals surface area contributed by atoms with Crippen LogP contribution in [-0.2, 0) is 11.2 Å². The third kappa shape index (κ3) is 1.90. The fourth-order valence-electron chi connectivity index (χ4n) is 1.47. The van der Waals surface area contributed by atoms with Crippen LogP contribution >= 0.6 is 0 Å². The molecule has 1 atom stereocenters. The predicted octanol–water partition coefficient (Wildman–Crippen LogP) is 0.743. The summed E-state index contributed by atoms with van der Waals surface area (Å²) in [4.78, 5) is 14.5. The van der Waals surface area contributed by atoms with Crippen LogP contribution in [-0.4, -0.2) is 22.6 Å². The zero-order valence-electron chi connectivity index (χ0n) is 7.73. The second-order valence-electron chi connectivity index (χ2n) is 3.45. The lowest BCUT2D eigenvalue weighted by atomic mass is 9.99. The third-order valence-electron chi connectivity index (χ3n) is 2.41. The van der Waals surface area contributed by atoms with E-state index in [-0.39, 0.29) is 6.42 Å². The molecule has 1 fully saturated rings. The summed E-state index contributed by atoms with van der Waals surface area (Å²) in [6.45, 7) is 1.06.